The Morgan fingerprint density at radius 1 is 1.30 bits per heavy atom. The lowest BCUT2D eigenvalue weighted by atomic mass is 10.1. The number of carbonyl (C=O) groups is 3. The number of amides is 1. The number of thioether (sulfide) groups is 1. The second-order valence-corrected chi connectivity index (χ2v) is 7.59. The molecule has 0 bridgehead atoms. The summed E-state index contributed by atoms with van der Waals surface area (Å²) in [5.74, 6) is -1.44. The fourth-order valence-corrected chi connectivity index (χ4v) is 3.76. The predicted molar refractivity (Wildman–Crippen MR) is 89.6 cm³/mol. The number of hydrogen-bond donors (Lipinski definition) is 0. The fourth-order valence-electron chi connectivity index (χ4n) is 2.43. The van der Waals surface area contributed by atoms with Crippen LogP contribution in [0.2, 0.25) is 5.02 Å². The number of halogens is 1. The van der Waals surface area contributed by atoms with E-state index >= 15 is 0 Å². The molecule has 0 spiro atoms. The number of esters is 1. The zero-order valence-corrected chi connectivity index (χ0v) is 14.7. The highest BCUT2D eigenvalue weighted by Crippen LogP contribution is 2.39. The minimum Gasteiger partial charge on any atom is -0.464 e. The average molecular weight is 356 g/mol. The molecule has 1 aliphatic rings. The predicted octanol–water partition coefficient (Wildman–Crippen LogP) is 2.77. The highest BCUT2D eigenvalue weighted by Gasteiger charge is 2.48. The van der Waals surface area contributed by atoms with Gasteiger partial charge in [0.05, 0.1) is 11.5 Å². The Kier molecular flexibility index (Phi) is 5.37. The fraction of sp³-hybridized carbons (Fsp3) is 0.438. The largest absolute Gasteiger partial charge is 0.464 e. The van der Waals surface area contributed by atoms with Crippen molar-refractivity contribution in [1.29, 1.82) is 0 Å². The highest BCUT2D eigenvalue weighted by molar-refractivity contribution is 8.00. The number of rotatable bonds is 4. The van der Waals surface area contributed by atoms with Gasteiger partial charge < -0.3 is 9.64 Å². The molecule has 0 saturated carbocycles. The summed E-state index contributed by atoms with van der Waals surface area (Å²) in [6, 6.07) is 5.35. The molecular weight excluding hydrogens is 338 g/mol. The third-order valence-corrected chi connectivity index (χ3v) is 5.20. The number of hydrogen-bond acceptors (Lipinski definition) is 5. The first-order chi connectivity index (χ1) is 10.8. The van der Waals surface area contributed by atoms with Gasteiger partial charge in [0.25, 0.3) is 5.91 Å². The van der Waals surface area contributed by atoms with Crippen molar-refractivity contribution in [2.45, 2.75) is 31.7 Å². The van der Waals surface area contributed by atoms with Gasteiger partial charge in [0, 0.05) is 16.3 Å². The highest BCUT2D eigenvalue weighted by atomic mass is 35.5. The van der Waals surface area contributed by atoms with Gasteiger partial charge in [-0.3, -0.25) is 9.59 Å². The van der Waals surface area contributed by atoms with Crippen LogP contribution in [0.3, 0.4) is 0 Å². The maximum atomic E-state index is 12.7. The molecule has 1 fully saturated rings. The first kappa shape index (κ1) is 17.8. The van der Waals surface area contributed by atoms with Gasteiger partial charge in [-0.1, -0.05) is 11.6 Å². The van der Waals surface area contributed by atoms with E-state index in [9.17, 15) is 14.4 Å². The molecular formula is C16H18ClNO4S. The zero-order chi connectivity index (χ0) is 17.2. The molecule has 1 saturated heterocycles. The van der Waals surface area contributed by atoms with Crippen molar-refractivity contribution in [2.75, 3.05) is 12.4 Å². The Bertz CT molecular complexity index is 629. The maximum absolute atomic E-state index is 12.7. The van der Waals surface area contributed by atoms with Gasteiger partial charge in [0.2, 0.25) is 5.78 Å². The third kappa shape index (κ3) is 3.70. The van der Waals surface area contributed by atoms with E-state index in [1.54, 1.807) is 19.1 Å². The van der Waals surface area contributed by atoms with E-state index in [1.165, 1.54) is 28.8 Å². The second kappa shape index (κ2) is 6.93. The van der Waals surface area contributed by atoms with Gasteiger partial charge in [-0.15, -0.1) is 11.8 Å². The lowest BCUT2D eigenvalue weighted by Crippen LogP contribution is -2.52. The van der Waals surface area contributed by atoms with Crippen molar-refractivity contribution in [3.8, 4) is 0 Å². The molecule has 1 aromatic carbocycles. The molecule has 0 N–H and O–H groups in total. The van der Waals surface area contributed by atoms with Gasteiger partial charge in [0.1, 0.15) is 6.04 Å². The van der Waals surface area contributed by atoms with Crippen molar-refractivity contribution in [3.05, 3.63) is 34.9 Å². The third-order valence-electron chi connectivity index (χ3n) is 3.56. The van der Waals surface area contributed by atoms with Crippen molar-refractivity contribution in [2.24, 2.45) is 0 Å². The standard InChI is InChI=1S/C16H18ClNO4S/c1-4-22-15(21)12-9-23-16(2,3)18(12)14(20)13(19)10-5-7-11(17)8-6-10/h5-8,12H,4,9H2,1-3H3/t12-/m0/s1. The van der Waals surface area contributed by atoms with Crippen molar-refractivity contribution in [3.63, 3.8) is 0 Å². The van der Waals surface area contributed by atoms with Gasteiger partial charge in [0.15, 0.2) is 0 Å². The summed E-state index contributed by atoms with van der Waals surface area (Å²) in [4.78, 5) is 37.9. The van der Waals surface area contributed by atoms with Crippen LogP contribution in [0.25, 0.3) is 0 Å². The molecule has 0 aliphatic carbocycles. The summed E-state index contributed by atoms with van der Waals surface area (Å²) in [5, 5.41) is 0.482. The molecule has 2 rings (SSSR count). The number of ketones is 1. The van der Waals surface area contributed by atoms with Crippen molar-refractivity contribution >= 4 is 41.0 Å². The van der Waals surface area contributed by atoms with Crippen LogP contribution in [0.15, 0.2) is 24.3 Å². The summed E-state index contributed by atoms with van der Waals surface area (Å²) in [5.41, 5.74) is 0.245. The lowest BCUT2D eigenvalue weighted by molar-refractivity contribution is -0.153. The molecule has 7 heteroatoms. The van der Waals surface area contributed by atoms with Gasteiger partial charge >= 0.3 is 5.97 Å². The number of nitrogens with zero attached hydrogens (tertiary/aromatic N) is 1. The molecule has 1 heterocycles. The van der Waals surface area contributed by atoms with Crippen LogP contribution in [0.4, 0.5) is 0 Å². The van der Waals surface area contributed by atoms with Gasteiger partial charge in [-0.2, -0.15) is 0 Å². The van der Waals surface area contributed by atoms with E-state index in [1.807, 2.05) is 13.8 Å². The summed E-state index contributed by atoms with van der Waals surface area (Å²) in [6.45, 7) is 5.55. The zero-order valence-electron chi connectivity index (χ0n) is 13.2. The minimum atomic E-state index is -0.751. The average Bonchev–Trinajstić information content (AvgIpc) is 2.82. The van der Waals surface area contributed by atoms with Crippen LogP contribution in [-0.2, 0) is 14.3 Å². The van der Waals surface area contributed by atoms with Crippen LogP contribution >= 0.6 is 23.4 Å². The van der Waals surface area contributed by atoms with Crippen LogP contribution in [-0.4, -0.2) is 45.8 Å². The molecule has 1 amide bonds. The number of Topliss-reactive ketones (excluding diaryl/α,β-unsaturated/α-hetero) is 1. The first-order valence-corrected chi connectivity index (χ1v) is 8.58. The minimum absolute atomic E-state index is 0.230. The Morgan fingerprint density at radius 3 is 2.48 bits per heavy atom. The molecule has 5 nitrogen and oxygen atoms in total. The maximum Gasteiger partial charge on any atom is 0.329 e. The van der Waals surface area contributed by atoms with Gasteiger partial charge in [-0.05, 0) is 45.0 Å². The molecule has 23 heavy (non-hydrogen) atoms. The van der Waals surface area contributed by atoms with E-state index in [2.05, 4.69) is 0 Å². The SMILES string of the molecule is CCOC(=O)[C@@H]1CSC(C)(C)N1C(=O)C(=O)c1ccc(Cl)cc1. The monoisotopic (exact) mass is 355 g/mol. The van der Waals surface area contributed by atoms with Crippen molar-refractivity contribution in [1.82, 2.24) is 4.90 Å². The second-order valence-electron chi connectivity index (χ2n) is 5.54. The summed E-state index contributed by atoms with van der Waals surface area (Å²) < 4.78 is 5.03. The van der Waals surface area contributed by atoms with E-state index in [4.69, 9.17) is 16.3 Å². The topological polar surface area (TPSA) is 63.7 Å². The molecule has 1 aromatic rings. The normalized spacial score (nSPS) is 19.5. The molecule has 0 radical (unpaired) electrons. The van der Waals surface area contributed by atoms with Crippen LogP contribution in [0.5, 0.6) is 0 Å². The molecule has 124 valence electrons. The van der Waals surface area contributed by atoms with Crippen LogP contribution in [0, 0.1) is 0 Å². The Labute approximate surface area is 144 Å². The van der Waals surface area contributed by atoms with Crippen molar-refractivity contribution < 1.29 is 19.1 Å². The first-order valence-electron chi connectivity index (χ1n) is 7.22. The quantitative estimate of drug-likeness (QED) is 0.472. The van der Waals surface area contributed by atoms with E-state index in [0.29, 0.717) is 10.8 Å². The molecule has 1 aliphatic heterocycles. The molecule has 1 atom stereocenters. The Balaban J connectivity index is 2.28. The smallest absolute Gasteiger partial charge is 0.329 e. The van der Waals surface area contributed by atoms with Crippen LogP contribution in [0.1, 0.15) is 31.1 Å². The Morgan fingerprint density at radius 2 is 1.91 bits per heavy atom. The number of carbonyl (C=O) groups excluding carboxylic acids is 3. The summed E-state index contributed by atoms with van der Waals surface area (Å²) >= 11 is 7.24. The number of ether oxygens (including phenoxy) is 1. The number of benzene rings is 1. The lowest BCUT2D eigenvalue weighted by Gasteiger charge is -2.33. The molecule has 0 aromatic heterocycles. The van der Waals surface area contributed by atoms with E-state index < -0.39 is 28.6 Å². The van der Waals surface area contributed by atoms with E-state index in [-0.39, 0.29) is 12.2 Å². The Hall–Kier alpha value is -1.53. The molecule has 0 unspecified atom stereocenters. The summed E-state index contributed by atoms with van der Waals surface area (Å²) in [6.07, 6.45) is 0. The summed E-state index contributed by atoms with van der Waals surface area (Å²) in [7, 11) is 0. The van der Waals surface area contributed by atoms with Gasteiger partial charge in [-0.25, -0.2) is 4.79 Å². The van der Waals surface area contributed by atoms with E-state index in [0.717, 1.165) is 0 Å². The van der Waals surface area contributed by atoms with Crippen LogP contribution < -0.4 is 0 Å².